The topological polar surface area (TPSA) is 57.5 Å². The molecule has 5 nitrogen and oxygen atoms in total. The molecule has 2 unspecified atom stereocenters. The van der Waals surface area contributed by atoms with Crippen molar-refractivity contribution in [2.45, 2.75) is 25.7 Å². The van der Waals surface area contributed by atoms with Crippen molar-refractivity contribution in [1.82, 2.24) is 5.32 Å². The van der Waals surface area contributed by atoms with Gasteiger partial charge >= 0.3 is 0 Å². The van der Waals surface area contributed by atoms with Gasteiger partial charge in [-0.3, -0.25) is 0 Å². The molecule has 114 valence electrons. The Kier molecular flexibility index (Phi) is 5.57. The Morgan fingerprint density at radius 3 is 2.48 bits per heavy atom. The van der Waals surface area contributed by atoms with E-state index in [0.717, 1.165) is 37.4 Å². The third-order valence-electron chi connectivity index (χ3n) is 3.92. The molecule has 1 aromatic carbocycles. The van der Waals surface area contributed by atoms with Crippen LogP contribution in [0.4, 0.5) is 5.69 Å². The van der Waals surface area contributed by atoms with Gasteiger partial charge in [0.15, 0.2) is 0 Å². The second-order valence-corrected chi connectivity index (χ2v) is 5.20. The van der Waals surface area contributed by atoms with Gasteiger partial charge in [0.05, 0.1) is 11.3 Å². The van der Waals surface area contributed by atoms with Crippen molar-refractivity contribution in [3.63, 3.8) is 0 Å². The molecular weight excluding hydrogens is 266 g/mol. The maximum atomic E-state index is 9.42. The standard InChI is InChI=1S/C16H23N3O2/c1-4-18-9-12-5-6-14(13(7-12)8-17)19-10-15(20-2)16(11-19)21-3/h5-7,15-16,18H,4,9-11H2,1-3H3. The number of ether oxygens (including phenoxy) is 2. The molecule has 1 heterocycles. The van der Waals surface area contributed by atoms with Gasteiger partial charge in [-0.15, -0.1) is 0 Å². The Balaban J connectivity index is 2.18. The van der Waals surface area contributed by atoms with Crippen LogP contribution in [-0.2, 0) is 16.0 Å². The number of benzene rings is 1. The minimum Gasteiger partial charge on any atom is -0.377 e. The van der Waals surface area contributed by atoms with Gasteiger partial charge in [-0.1, -0.05) is 13.0 Å². The molecule has 2 atom stereocenters. The minimum absolute atomic E-state index is 0.0444. The SMILES string of the molecule is CCNCc1ccc(N2CC(OC)C(OC)C2)c(C#N)c1. The van der Waals surface area contributed by atoms with Crippen molar-refractivity contribution in [1.29, 1.82) is 5.26 Å². The van der Waals surface area contributed by atoms with E-state index in [9.17, 15) is 5.26 Å². The summed E-state index contributed by atoms with van der Waals surface area (Å²) in [7, 11) is 3.40. The van der Waals surface area contributed by atoms with Crippen LogP contribution in [0.5, 0.6) is 0 Å². The van der Waals surface area contributed by atoms with E-state index in [0.29, 0.717) is 5.56 Å². The molecule has 1 aliphatic rings. The van der Waals surface area contributed by atoms with E-state index in [1.165, 1.54) is 0 Å². The zero-order valence-electron chi connectivity index (χ0n) is 12.9. The summed E-state index contributed by atoms with van der Waals surface area (Å²) < 4.78 is 10.9. The number of anilines is 1. The van der Waals surface area contributed by atoms with Crippen LogP contribution in [-0.4, -0.2) is 46.1 Å². The fourth-order valence-corrected chi connectivity index (χ4v) is 2.72. The first kappa shape index (κ1) is 15.8. The molecule has 1 aromatic rings. The van der Waals surface area contributed by atoms with Crippen molar-refractivity contribution in [3.05, 3.63) is 29.3 Å². The number of hydrogen-bond acceptors (Lipinski definition) is 5. The normalized spacial score (nSPS) is 21.5. The summed E-state index contributed by atoms with van der Waals surface area (Å²) in [5, 5.41) is 12.7. The molecule has 5 heteroatoms. The molecule has 0 aliphatic carbocycles. The lowest BCUT2D eigenvalue weighted by Crippen LogP contribution is -2.27. The molecule has 0 amide bonds. The number of nitriles is 1. The first-order chi connectivity index (χ1) is 10.2. The highest BCUT2D eigenvalue weighted by molar-refractivity contribution is 5.61. The number of rotatable bonds is 6. The van der Waals surface area contributed by atoms with E-state index in [1.807, 2.05) is 12.1 Å². The fraction of sp³-hybridized carbons (Fsp3) is 0.562. The second kappa shape index (κ2) is 7.41. The van der Waals surface area contributed by atoms with Gasteiger partial charge in [-0.05, 0) is 24.2 Å². The van der Waals surface area contributed by atoms with Gasteiger partial charge in [-0.2, -0.15) is 5.26 Å². The van der Waals surface area contributed by atoms with E-state index in [4.69, 9.17) is 9.47 Å². The first-order valence-electron chi connectivity index (χ1n) is 7.27. The molecule has 1 saturated heterocycles. The monoisotopic (exact) mass is 289 g/mol. The van der Waals surface area contributed by atoms with Gasteiger partial charge < -0.3 is 19.7 Å². The van der Waals surface area contributed by atoms with E-state index in [2.05, 4.69) is 29.3 Å². The highest BCUT2D eigenvalue weighted by Gasteiger charge is 2.33. The largest absolute Gasteiger partial charge is 0.377 e. The molecule has 0 bridgehead atoms. The maximum Gasteiger partial charge on any atom is 0.102 e. The van der Waals surface area contributed by atoms with E-state index < -0.39 is 0 Å². The summed E-state index contributed by atoms with van der Waals surface area (Å²) in [6.07, 6.45) is 0.0888. The predicted molar refractivity (Wildman–Crippen MR) is 82.3 cm³/mol. The lowest BCUT2D eigenvalue weighted by atomic mass is 10.1. The van der Waals surface area contributed by atoms with Crippen LogP contribution in [0.3, 0.4) is 0 Å². The van der Waals surface area contributed by atoms with Crippen molar-refractivity contribution in [3.8, 4) is 6.07 Å². The predicted octanol–water partition coefficient (Wildman–Crippen LogP) is 1.52. The first-order valence-corrected chi connectivity index (χ1v) is 7.27. The number of nitrogens with zero attached hydrogens (tertiary/aromatic N) is 2. The van der Waals surface area contributed by atoms with Gasteiger partial charge in [-0.25, -0.2) is 0 Å². The van der Waals surface area contributed by atoms with Gasteiger partial charge in [0.1, 0.15) is 18.3 Å². The van der Waals surface area contributed by atoms with Gasteiger partial charge in [0.2, 0.25) is 0 Å². The smallest absolute Gasteiger partial charge is 0.102 e. The van der Waals surface area contributed by atoms with E-state index >= 15 is 0 Å². The molecule has 1 aliphatic heterocycles. The number of hydrogen-bond donors (Lipinski definition) is 1. The van der Waals surface area contributed by atoms with Crippen LogP contribution in [0.2, 0.25) is 0 Å². The molecule has 0 spiro atoms. The maximum absolute atomic E-state index is 9.42. The molecule has 0 aromatic heterocycles. The summed E-state index contributed by atoms with van der Waals surface area (Å²) in [5.41, 5.74) is 2.79. The van der Waals surface area contributed by atoms with E-state index in [1.54, 1.807) is 14.2 Å². The molecular formula is C16H23N3O2. The Bertz CT molecular complexity index is 501. The summed E-state index contributed by atoms with van der Waals surface area (Å²) in [6.45, 7) is 5.26. The van der Waals surface area contributed by atoms with E-state index in [-0.39, 0.29) is 12.2 Å². The average molecular weight is 289 g/mol. The van der Waals surface area contributed by atoms with Crippen molar-refractivity contribution in [2.24, 2.45) is 0 Å². The second-order valence-electron chi connectivity index (χ2n) is 5.20. The molecule has 21 heavy (non-hydrogen) atoms. The fourth-order valence-electron chi connectivity index (χ4n) is 2.72. The van der Waals surface area contributed by atoms with Crippen LogP contribution in [0.1, 0.15) is 18.1 Å². The zero-order valence-corrected chi connectivity index (χ0v) is 12.9. The molecule has 1 fully saturated rings. The third-order valence-corrected chi connectivity index (χ3v) is 3.92. The molecule has 1 N–H and O–H groups in total. The van der Waals surface area contributed by atoms with Gasteiger partial charge in [0, 0.05) is 33.9 Å². The molecule has 0 radical (unpaired) electrons. The number of nitrogens with one attached hydrogen (secondary N) is 1. The average Bonchev–Trinajstić information content (AvgIpc) is 2.95. The minimum atomic E-state index is 0.0444. The number of methoxy groups -OCH3 is 2. The molecule has 0 saturated carbocycles. The van der Waals surface area contributed by atoms with Crippen LogP contribution in [0.25, 0.3) is 0 Å². The Morgan fingerprint density at radius 2 is 1.95 bits per heavy atom. The summed E-state index contributed by atoms with van der Waals surface area (Å²) in [6, 6.07) is 8.36. The van der Waals surface area contributed by atoms with Crippen molar-refractivity contribution >= 4 is 5.69 Å². The van der Waals surface area contributed by atoms with Crippen LogP contribution in [0.15, 0.2) is 18.2 Å². The van der Waals surface area contributed by atoms with Gasteiger partial charge in [0.25, 0.3) is 0 Å². The highest BCUT2D eigenvalue weighted by Crippen LogP contribution is 2.27. The lowest BCUT2D eigenvalue weighted by molar-refractivity contribution is -0.00461. The Morgan fingerprint density at radius 1 is 1.29 bits per heavy atom. The van der Waals surface area contributed by atoms with Crippen LogP contribution in [0, 0.1) is 11.3 Å². The third kappa shape index (κ3) is 3.53. The zero-order chi connectivity index (χ0) is 15.2. The van der Waals surface area contributed by atoms with Crippen molar-refractivity contribution in [2.75, 3.05) is 38.8 Å². The quantitative estimate of drug-likeness (QED) is 0.860. The highest BCUT2D eigenvalue weighted by atomic mass is 16.5. The van der Waals surface area contributed by atoms with Crippen LogP contribution < -0.4 is 10.2 Å². The lowest BCUT2D eigenvalue weighted by Gasteiger charge is -2.20. The Labute approximate surface area is 126 Å². The molecule has 2 rings (SSSR count). The summed E-state index contributed by atoms with van der Waals surface area (Å²) >= 11 is 0. The Hall–Kier alpha value is -1.61. The summed E-state index contributed by atoms with van der Waals surface area (Å²) in [4.78, 5) is 2.16. The summed E-state index contributed by atoms with van der Waals surface area (Å²) in [5.74, 6) is 0. The van der Waals surface area contributed by atoms with Crippen molar-refractivity contribution < 1.29 is 9.47 Å². The van der Waals surface area contributed by atoms with Crippen LogP contribution >= 0.6 is 0 Å².